The molecule has 1 aromatic carbocycles. The number of carbonyl (C=O) groups excluding carboxylic acids is 1. The van der Waals surface area contributed by atoms with Crippen molar-refractivity contribution in [3.63, 3.8) is 0 Å². The lowest BCUT2D eigenvalue weighted by Crippen LogP contribution is -2.44. The molecule has 4 atom stereocenters. The Morgan fingerprint density at radius 3 is 2.62 bits per heavy atom. The minimum Gasteiger partial charge on any atom is -0.369 e. The first kappa shape index (κ1) is 21.7. The maximum Gasteiger partial charge on any atom is 0.220 e. The number of thioether (sulfide) groups is 1. The van der Waals surface area contributed by atoms with Gasteiger partial charge in [-0.3, -0.25) is 4.79 Å². The zero-order valence-electron chi connectivity index (χ0n) is 19.1. The van der Waals surface area contributed by atoms with E-state index in [0.29, 0.717) is 13.0 Å². The molecule has 6 nitrogen and oxygen atoms in total. The normalized spacial score (nSPS) is 29.2. The van der Waals surface area contributed by atoms with Crippen molar-refractivity contribution in [1.82, 2.24) is 10.2 Å². The summed E-state index contributed by atoms with van der Waals surface area (Å²) in [6.07, 6.45) is 4.97. The number of nitrogens with zero attached hydrogens (tertiary/aromatic N) is 3. The molecule has 5 rings (SSSR count). The first-order valence-corrected chi connectivity index (χ1v) is 12.5. The van der Waals surface area contributed by atoms with Crippen LogP contribution in [0.3, 0.4) is 0 Å². The predicted octanol–water partition coefficient (Wildman–Crippen LogP) is 3.16. The maximum atomic E-state index is 11.7. The number of ether oxygens (including phenoxy) is 1. The van der Waals surface area contributed by atoms with Crippen LogP contribution in [0.2, 0.25) is 0 Å². The second-order valence-corrected chi connectivity index (χ2v) is 10.6. The quantitative estimate of drug-likeness (QED) is 0.744. The zero-order valence-corrected chi connectivity index (χ0v) is 19.9. The van der Waals surface area contributed by atoms with Gasteiger partial charge in [0.05, 0.1) is 28.2 Å². The number of carbonyl (C=O) groups is 1. The van der Waals surface area contributed by atoms with Crippen LogP contribution in [0, 0.1) is 5.92 Å². The number of aliphatic imine (C=N–C) groups is 1. The molecule has 32 heavy (non-hydrogen) atoms. The van der Waals surface area contributed by atoms with Crippen LogP contribution in [0.25, 0.3) is 5.57 Å². The van der Waals surface area contributed by atoms with Gasteiger partial charge in [0, 0.05) is 50.7 Å². The second-order valence-electron chi connectivity index (χ2n) is 9.27. The Bertz CT molecular complexity index is 963. The SMILES string of the molecule is CC1=NC2=CC(c3ccc(N4CCN(C)CC4)cc3)=CC(O[C@H](C)[C@H]3CNC(=O)C3)C2S1. The molecule has 0 aromatic heterocycles. The molecule has 0 bridgehead atoms. The minimum atomic E-state index is -0.0563. The average molecular weight is 453 g/mol. The monoisotopic (exact) mass is 452 g/mol. The van der Waals surface area contributed by atoms with E-state index in [0.717, 1.165) is 42.5 Å². The van der Waals surface area contributed by atoms with E-state index in [1.165, 1.54) is 11.3 Å². The van der Waals surface area contributed by atoms with Gasteiger partial charge in [0.15, 0.2) is 0 Å². The van der Waals surface area contributed by atoms with Crippen LogP contribution in [0.1, 0.15) is 25.8 Å². The van der Waals surface area contributed by atoms with Crippen LogP contribution in [-0.2, 0) is 9.53 Å². The third-order valence-electron chi connectivity index (χ3n) is 6.93. The molecule has 3 aliphatic heterocycles. The average Bonchev–Trinajstić information content (AvgIpc) is 3.39. The lowest BCUT2D eigenvalue weighted by atomic mass is 9.94. The number of benzene rings is 1. The number of fused-ring (bicyclic) bond motifs is 1. The fraction of sp³-hybridized carbons (Fsp3) is 0.520. The lowest BCUT2D eigenvalue weighted by molar-refractivity contribution is -0.119. The lowest BCUT2D eigenvalue weighted by Gasteiger charge is -2.34. The number of nitrogens with one attached hydrogen (secondary N) is 1. The molecule has 1 aromatic rings. The highest BCUT2D eigenvalue weighted by Crippen LogP contribution is 2.41. The summed E-state index contributed by atoms with van der Waals surface area (Å²) < 4.78 is 6.55. The third-order valence-corrected chi connectivity index (χ3v) is 8.13. The molecule has 0 radical (unpaired) electrons. The van der Waals surface area contributed by atoms with Gasteiger partial charge in [0.25, 0.3) is 0 Å². The van der Waals surface area contributed by atoms with E-state index in [-0.39, 0.29) is 29.3 Å². The highest BCUT2D eigenvalue weighted by atomic mass is 32.2. The molecule has 170 valence electrons. The molecule has 2 unspecified atom stereocenters. The highest BCUT2D eigenvalue weighted by molar-refractivity contribution is 8.14. The van der Waals surface area contributed by atoms with Crippen LogP contribution < -0.4 is 10.2 Å². The number of hydrogen-bond acceptors (Lipinski definition) is 6. The Hall–Kier alpha value is -2.09. The Morgan fingerprint density at radius 1 is 1.19 bits per heavy atom. The Morgan fingerprint density at radius 2 is 1.94 bits per heavy atom. The fourth-order valence-corrected chi connectivity index (χ4v) is 5.92. The maximum absolute atomic E-state index is 11.7. The number of amides is 1. The summed E-state index contributed by atoms with van der Waals surface area (Å²) in [7, 11) is 2.18. The van der Waals surface area contributed by atoms with E-state index >= 15 is 0 Å². The zero-order chi connectivity index (χ0) is 22.2. The van der Waals surface area contributed by atoms with Crippen LogP contribution in [-0.4, -0.2) is 73.1 Å². The molecule has 0 spiro atoms. The minimum absolute atomic E-state index is 0.0110. The van der Waals surface area contributed by atoms with Gasteiger partial charge in [0.2, 0.25) is 5.91 Å². The largest absolute Gasteiger partial charge is 0.369 e. The first-order chi connectivity index (χ1) is 15.5. The smallest absolute Gasteiger partial charge is 0.220 e. The summed E-state index contributed by atoms with van der Waals surface area (Å²) in [6.45, 7) is 9.21. The molecule has 3 heterocycles. The van der Waals surface area contributed by atoms with Gasteiger partial charge in [0.1, 0.15) is 0 Å². The molecule has 0 saturated carbocycles. The Balaban J connectivity index is 1.35. The van der Waals surface area contributed by atoms with Gasteiger partial charge in [-0.1, -0.05) is 23.9 Å². The van der Waals surface area contributed by atoms with Crippen LogP contribution in [0.15, 0.2) is 47.1 Å². The van der Waals surface area contributed by atoms with E-state index in [4.69, 9.17) is 9.73 Å². The van der Waals surface area contributed by atoms with Crippen LogP contribution in [0.4, 0.5) is 5.69 Å². The van der Waals surface area contributed by atoms with Crippen LogP contribution in [0.5, 0.6) is 0 Å². The van der Waals surface area contributed by atoms with Gasteiger partial charge in [-0.15, -0.1) is 0 Å². The van der Waals surface area contributed by atoms with Crippen molar-refractivity contribution >= 4 is 34.0 Å². The highest BCUT2D eigenvalue weighted by Gasteiger charge is 2.37. The van der Waals surface area contributed by atoms with Crippen LogP contribution >= 0.6 is 11.8 Å². The van der Waals surface area contributed by atoms with Crippen molar-refractivity contribution < 1.29 is 9.53 Å². The van der Waals surface area contributed by atoms with Crippen molar-refractivity contribution in [3.8, 4) is 0 Å². The first-order valence-electron chi connectivity index (χ1n) is 11.6. The van der Waals surface area contributed by atoms with Gasteiger partial charge in [-0.25, -0.2) is 4.99 Å². The summed E-state index contributed by atoms with van der Waals surface area (Å²) in [5, 5.41) is 4.20. The number of allylic oxidation sites excluding steroid dienone is 2. The van der Waals surface area contributed by atoms with E-state index < -0.39 is 0 Å². The van der Waals surface area contributed by atoms with Crippen molar-refractivity contribution in [2.75, 3.05) is 44.7 Å². The van der Waals surface area contributed by atoms with Crippen molar-refractivity contribution in [1.29, 1.82) is 0 Å². The molecular formula is C25H32N4O2S. The van der Waals surface area contributed by atoms with Crippen molar-refractivity contribution in [2.24, 2.45) is 10.9 Å². The fourth-order valence-electron chi connectivity index (χ4n) is 4.88. The number of hydrogen-bond donors (Lipinski definition) is 1. The molecule has 1 amide bonds. The summed E-state index contributed by atoms with van der Waals surface area (Å²) in [5.41, 5.74) is 4.73. The predicted molar refractivity (Wildman–Crippen MR) is 132 cm³/mol. The van der Waals surface area contributed by atoms with E-state index in [2.05, 4.69) is 72.4 Å². The van der Waals surface area contributed by atoms with Gasteiger partial charge in [-0.05, 0) is 56.3 Å². The van der Waals surface area contributed by atoms with Crippen molar-refractivity contribution in [2.45, 2.75) is 37.7 Å². The van der Waals surface area contributed by atoms with Gasteiger partial charge >= 0.3 is 0 Å². The summed E-state index contributed by atoms with van der Waals surface area (Å²) in [6, 6.07) is 8.90. The summed E-state index contributed by atoms with van der Waals surface area (Å²) in [4.78, 5) is 21.3. The van der Waals surface area contributed by atoms with Gasteiger partial charge < -0.3 is 19.9 Å². The van der Waals surface area contributed by atoms with Gasteiger partial charge in [-0.2, -0.15) is 0 Å². The second kappa shape index (κ2) is 9.04. The number of piperazine rings is 1. The number of anilines is 1. The Labute approximate surface area is 194 Å². The van der Waals surface area contributed by atoms with E-state index in [9.17, 15) is 4.79 Å². The molecule has 7 heteroatoms. The molecule has 2 saturated heterocycles. The third kappa shape index (κ3) is 4.51. The molecular weight excluding hydrogens is 420 g/mol. The number of rotatable bonds is 5. The molecule has 4 aliphatic rings. The van der Waals surface area contributed by atoms with E-state index in [1.54, 1.807) is 11.8 Å². The topological polar surface area (TPSA) is 57.2 Å². The summed E-state index contributed by atoms with van der Waals surface area (Å²) >= 11 is 1.78. The standard InChI is InChI=1S/C25H32N4O2S/c1-16(20-14-24(30)26-15-20)31-23-13-19(12-22-25(23)32-17(2)27-22)18-4-6-21(7-5-18)29-10-8-28(3)9-11-29/h4-7,12-13,16,20,23,25H,8-11,14-15H2,1-3H3,(H,26,30)/t16-,20-,23?,25?/m1/s1. The molecule has 1 N–H and O–H groups in total. The van der Waals surface area contributed by atoms with Crippen molar-refractivity contribution in [3.05, 3.63) is 47.7 Å². The molecule has 1 aliphatic carbocycles. The number of likely N-dealkylation sites (N-methyl/N-ethyl adjacent to an activating group) is 1. The molecule has 2 fully saturated rings. The van der Waals surface area contributed by atoms with E-state index in [1.807, 2.05) is 0 Å². The Kier molecular flexibility index (Phi) is 6.14. The summed E-state index contributed by atoms with van der Waals surface area (Å²) in [5.74, 6) is 0.353.